The van der Waals surface area contributed by atoms with Crippen LogP contribution in [0.3, 0.4) is 0 Å². The van der Waals surface area contributed by atoms with Gasteiger partial charge in [-0.25, -0.2) is 0 Å². The molecule has 0 heterocycles. The first-order valence-corrected chi connectivity index (χ1v) is 29.4. The van der Waals surface area contributed by atoms with Gasteiger partial charge >= 0.3 is 0 Å². The molecule has 0 aliphatic rings. The fourth-order valence-electron chi connectivity index (χ4n) is 3.82. The highest BCUT2D eigenvalue weighted by Gasteiger charge is 2.07. The molecule has 0 saturated carbocycles. The topological polar surface area (TPSA) is 36.9 Å². The minimum atomic E-state index is -0.933. The summed E-state index contributed by atoms with van der Waals surface area (Å²) >= 11 is 0. The van der Waals surface area contributed by atoms with Crippen LogP contribution in [0.1, 0.15) is 166 Å². The fraction of sp³-hybridized carbons (Fsp3) is 0.419. The van der Waals surface area contributed by atoms with Crippen LogP contribution in [0.4, 0.5) is 0 Å². The predicted octanol–water partition coefficient (Wildman–Crippen LogP) is 23.8. The minimum Gasteiger partial charge on any atom is -0.439 e. The standard InChI is InChI=1S/2C13H13O2P.C12H10.12C2H6/c2*1-16(14-12-8-4-2-5-9-12)15-13-10-6-3-7-11-13;1-3-7-11(8-4-1)12-9-5-2-6-10-12;12*1-2/h2*2-11H,1H3;1-10H;12*1-2H3. The number of rotatable bonds is 9. The van der Waals surface area contributed by atoms with Gasteiger partial charge in [-0.3, -0.25) is 0 Å². The fourth-order valence-corrected chi connectivity index (χ4v) is 5.57. The van der Waals surface area contributed by atoms with Gasteiger partial charge in [0.2, 0.25) is 0 Å². The first kappa shape index (κ1) is 83.4. The van der Waals surface area contributed by atoms with Crippen molar-refractivity contribution in [1.29, 1.82) is 0 Å². The molecule has 0 N–H and O–H groups in total. The van der Waals surface area contributed by atoms with E-state index in [9.17, 15) is 0 Å². The lowest BCUT2D eigenvalue weighted by atomic mass is 10.1. The molecule has 0 radical (unpaired) electrons. The smallest absolute Gasteiger partial charge is 0.286 e. The molecule has 6 rings (SSSR count). The lowest BCUT2D eigenvalue weighted by Gasteiger charge is -2.14. The second-order valence-corrected chi connectivity index (χ2v) is 11.7. The van der Waals surface area contributed by atoms with Crippen LogP contribution in [-0.2, 0) is 0 Å². The van der Waals surface area contributed by atoms with E-state index < -0.39 is 16.8 Å². The van der Waals surface area contributed by atoms with Gasteiger partial charge in [0, 0.05) is 13.3 Å². The summed E-state index contributed by atoms with van der Waals surface area (Å²) in [7, 11) is -1.87. The first-order chi connectivity index (χ1) is 33.7. The van der Waals surface area contributed by atoms with Gasteiger partial charge in [-0.05, 0) is 59.7 Å². The number of para-hydroxylation sites is 4. The van der Waals surface area contributed by atoms with Gasteiger partial charge in [0.1, 0.15) is 23.0 Å². The Labute approximate surface area is 428 Å². The summed E-state index contributed by atoms with van der Waals surface area (Å²) in [5.74, 6) is 3.36. The van der Waals surface area contributed by atoms with Crippen LogP contribution in [0.2, 0.25) is 0 Å². The Morgan fingerprint density at radius 1 is 0.191 bits per heavy atom. The molecule has 390 valence electrons. The van der Waals surface area contributed by atoms with E-state index in [1.807, 2.05) is 313 Å². The largest absolute Gasteiger partial charge is 0.439 e. The van der Waals surface area contributed by atoms with Gasteiger partial charge in [0.05, 0.1) is 0 Å². The van der Waals surface area contributed by atoms with E-state index in [0.29, 0.717) is 0 Å². The van der Waals surface area contributed by atoms with Crippen molar-refractivity contribution in [3.05, 3.63) is 182 Å². The summed E-state index contributed by atoms with van der Waals surface area (Å²) in [6, 6.07) is 59.6. The molecule has 0 aliphatic heterocycles. The Bertz CT molecular complexity index is 1360. The van der Waals surface area contributed by atoms with Gasteiger partial charge in [-0.15, -0.1) is 0 Å². The third-order valence-electron chi connectivity index (χ3n) is 5.79. The molecule has 0 fully saturated rings. The van der Waals surface area contributed by atoms with Gasteiger partial charge in [-0.1, -0.05) is 300 Å². The minimum absolute atomic E-state index is 0.840. The zero-order valence-corrected chi connectivity index (χ0v) is 50.6. The SMILES string of the molecule is CC.CC.CC.CC.CC.CC.CC.CC.CC.CC.CC.CC.CP(Oc1ccccc1)Oc1ccccc1.CP(Oc1ccccc1)Oc1ccccc1.c1ccc(-c2ccccc2)cc1. The predicted molar refractivity (Wildman–Crippen MR) is 322 cm³/mol. The highest BCUT2D eigenvalue weighted by atomic mass is 31.2. The van der Waals surface area contributed by atoms with Crippen molar-refractivity contribution in [2.24, 2.45) is 0 Å². The van der Waals surface area contributed by atoms with Gasteiger partial charge < -0.3 is 18.1 Å². The molecule has 0 amide bonds. The van der Waals surface area contributed by atoms with E-state index >= 15 is 0 Å². The third kappa shape index (κ3) is 55.7. The Morgan fingerprint density at radius 2 is 0.309 bits per heavy atom. The second-order valence-electron chi connectivity index (χ2n) is 9.23. The van der Waals surface area contributed by atoms with Crippen molar-refractivity contribution in [1.82, 2.24) is 0 Å². The van der Waals surface area contributed by atoms with Crippen molar-refractivity contribution in [3.63, 3.8) is 0 Å². The van der Waals surface area contributed by atoms with E-state index in [1.165, 1.54) is 11.1 Å². The monoisotopic (exact) mass is 979 g/mol. The summed E-state index contributed by atoms with van der Waals surface area (Å²) in [5.41, 5.74) is 2.55. The molecular formula is C62H108O4P2. The highest BCUT2D eigenvalue weighted by Crippen LogP contribution is 2.37. The van der Waals surface area contributed by atoms with Crippen molar-refractivity contribution >= 4 is 16.8 Å². The lowest BCUT2D eigenvalue weighted by molar-refractivity contribution is 0.496. The molecule has 6 aromatic rings. The van der Waals surface area contributed by atoms with E-state index in [2.05, 4.69) is 48.5 Å². The van der Waals surface area contributed by atoms with Crippen molar-refractivity contribution < 1.29 is 18.1 Å². The molecule has 0 unspecified atom stereocenters. The molecular weight excluding hydrogens is 871 g/mol. The van der Waals surface area contributed by atoms with Gasteiger partial charge in [-0.2, -0.15) is 0 Å². The summed E-state index contributed by atoms with van der Waals surface area (Å²) in [4.78, 5) is 0. The normalized spacial score (nSPS) is 7.53. The molecule has 68 heavy (non-hydrogen) atoms. The Balaban J connectivity index is -0.0000000900. The average molecular weight is 979 g/mol. The second kappa shape index (κ2) is 82.5. The molecule has 0 aliphatic carbocycles. The number of hydrogen-bond acceptors (Lipinski definition) is 4. The maximum Gasteiger partial charge on any atom is 0.286 e. The van der Waals surface area contributed by atoms with Crippen LogP contribution in [0, 0.1) is 0 Å². The third-order valence-corrected chi connectivity index (χ3v) is 7.66. The van der Waals surface area contributed by atoms with Gasteiger partial charge in [0.25, 0.3) is 16.8 Å². The van der Waals surface area contributed by atoms with E-state index in [-0.39, 0.29) is 0 Å². The van der Waals surface area contributed by atoms with E-state index in [4.69, 9.17) is 18.1 Å². The van der Waals surface area contributed by atoms with Crippen LogP contribution in [0.25, 0.3) is 11.1 Å². The average Bonchev–Trinajstić information content (AvgIpc) is 3.47. The maximum atomic E-state index is 5.66. The Kier molecular flexibility index (Phi) is 101. The molecule has 0 aromatic heterocycles. The zero-order valence-electron chi connectivity index (χ0n) is 48.8. The van der Waals surface area contributed by atoms with Gasteiger partial charge in [0.15, 0.2) is 0 Å². The van der Waals surface area contributed by atoms with Crippen molar-refractivity contribution in [2.75, 3.05) is 13.3 Å². The first-order valence-electron chi connectivity index (χ1n) is 26.2. The molecule has 6 heteroatoms. The lowest BCUT2D eigenvalue weighted by Crippen LogP contribution is -1.93. The molecule has 0 spiro atoms. The number of benzene rings is 6. The summed E-state index contributed by atoms with van der Waals surface area (Å²) in [5, 5.41) is 0. The van der Waals surface area contributed by atoms with Crippen LogP contribution in [0.5, 0.6) is 23.0 Å². The summed E-state index contributed by atoms with van der Waals surface area (Å²) in [6.07, 6.45) is 0. The van der Waals surface area contributed by atoms with Crippen LogP contribution >= 0.6 is 16.8 Å². The van der Waals surface area contributed by atoms with E-state index in [0.717, 1.165) is 23.0 Å². The van der Waals surface area contributed by atoms with Crippen LogP contribution in [-0.4, -0.2) is 13.3 Å². The van der Waals surface area contributed by atoms with Crippen LogP contribution in [0.15, 0.2) is 182 Å². The Hall–Kier alpha value is -4.62. The van der Waals surface area contributed by atoms with Crippen LogP contribution < -0.4 is 18.1 Å². The van der Waals surface area contributed by atoms with Crippen molar-refractivity contribution in [2.45, 2.75) is 166 Å². The molecule has 0 atom stereocenters. The molecule has 0 saturated heterocycles. The quantitative estimate of drug-likeness (QED) is 0.135. The number of hydrogen-bond donors (Lipinski definition) is 0. The molecule has 6 aromatic carbocycles. The van der Waals surface area contributed by atoms with Crippen molar-refractivity contribution in [3.8, 4) is 34.1 Å². The van der Waals surface area contributed by atoms with E-state index in [1.54, 1.807) is 0 Å². The Morgan fingerprint density at radius 3 is 0.441 bits per heavy atom. The molecule has 0 bridgehead atoms. The summed E-state index contributed by atoms with van der Waals surface area (Å²) < 4.78 is 22.6. The maximum absolute atomic E-state index is 5.66. The zero-order chi connectivity index (χ0) is 54.7. The highest BCUT2D eigenvalue weighted by molar-refractivity contribution is 7.47. The molecule has 4 nitrogen and oxygen atoms in total. The summed E-state index contributed by atoms with van der Waals surface area (Å²) in [6.45, 7) is 51.9.